The SMILES string of the molecule is CC(C)(C)C(Cl)CCc1cccc2cccnc12. The molecule has 0 saturated carbocycles. The largest absolute Gasteiger partial charge is 0.256 e. The smallest absolute Gasteiger partial charge is 0.0733 e. The Kier molecular flexibility index (Phi) is 3.91. The number of aromatic nitrogens is 1. The van der Waals surface area contributed by atoms with E-state index in [9.17, 15) is 0 Å². The molecule has 2 heteroatoms. The number of alkyl halides is 1. The van der Waals surface area contributed by atoms with Crippen molar-refractivity contribution in [3.05, 3.63) is 42.1 Å². The van der Waals surface area contributed by atoms with Gasteiger partial charge in [0.15, 0.2) is 0 Å². The minimum atomic E-state index is 0.152. The van der Waals surface area contributed by atoms with Gasteiger partial charge in [-0.05, 0) is 29.9 Å². The highest BCUT2D eigenvalue weighted by atomic mass is 35.5. The molecule has 0 saturated heterocycles. The second-order valence-electron chi connectivity index (χ2n) is 5.86. The maximum absolute atomic E-state index is 6.44. The molecule has 0 N–H and O–H groups in total. The summed E-state index contributed by atoms with van der Waals surface area (Å²) in [5.41, 5.74) is 2.56. The molecule has 0 aliphatic carbocycles. The number of rotatable bonds is 3. The van der Waals surface area contributed by atoms with E-state index in [2.05, 4.69) is 50.0 Å². The Bertz CT molecular complexity index is 523. The number of benzene rings is 1. The molecule has 0 radical (unpaired) electrons. The van der Waals surface area contributed by atoms with E-state index in [1.807, 2.05) is 12.3 Å². The third kappa shape index (κ3) is 3.02. The first-order chi connectivity index (χ1) is 8.48. The Morgan fingerprint density at radius 1 is 1.17 bits per heavy atom. The first-order valence-corrected chi connectivity index (χ1v) is 6.89. The van der Waals surface area contributed by atoms with Gasteiger partial charge >= 0.3 is 0 Å². The van der Waals surface area contributed by atoms with Crippen molar-refractivity contribution in [2.45, 2.75) is 39.0 Å². The van der Waals surface area contributed by atoms with Gasteiger partial charge < -0.3 is 0 Å². The molecule has 18 heavy (non-hydrogen) atoms. The number of hydrogen-bond acceptors (Lipinski definition) is 1. The standard InChI is InChI=1S/C16H20ClN/c1-16(2,3)14(17)10-9-13-7-4-6-12-8-5-11-18-15(12)13/h4-8,11,14H,9-10H2,1-3H3. The molecule has 1 heterocycles. The van der Waals surface area contributed by atoms with E-state index in [1.54, 1.807) is 0 Å². The number of aryl methyl sites for hydroxylation is 1. The van der Waals surface area contributed by atoms with E-state index < -0.39 is 0 Å². The van der Waals surface area contributed by atoms with Gasteiger partial charge in [0.1, 0.15) is 0 Å². The molecule has 1 aromatic carbocycles. The fourth-order valence-corrected chi connectivity index (χ4v) is 2.19. The van der Waals surface area contributed by atoms with Crippen LogP contribution in [0.25, 0.3) is 10.9 Å². The van der Waals surface area contributed by atoms with Crippen molar-refractivity contribution < 1.29 is 0 Å². The lowest BCUT2D eigenvalue weighted by Gasteiger charge is -2.25. The predicted octanol–water partition coefficient (Wildman–Crippen LogP) is 4.82. The lowest BCUT2D eigenvalue weighted by molar-refractivity contribution is 0.374. The second kappa shape index (κ2) is 5.27. The number of nitrogens with zero attached hydrogens (tertiary/aromatic N) is 1. The van der Waals surface area contributed by atoms with E-state index in [4.69, 9.17) is 11.6 Å². The van der Waals surface area contributed by atoms with Crippen LogP contribution in [0.3, 0.4) is 0 Å². The summed E-state index contributed by atoms with van der Waals surface area (Å²) in [6, 6.07) is 10.4. The van der Waals surface area contributed by atoms with Crippen LogP contribution in [0.4, 0.5) is 0 Å². The van der Waals surface area contributed by atoms with E-state index in [1.165, 1.54) is 10.9 Å². The summed E-state index contributed by atoms with van der Waals surface area (Å²) < 4.78 is 0. The van der Waals surface area contributed by atoms with Crippen molar-refractivity contribution in [3.8, 4) is 0 Å². The Balaban J connectivity index is 2.18. The Hall–Kier alpha value is -1.08. The monoisotopic (exact) mass is 261 g/mol. The van der Waals surface area contributed by atoms with Crippen LogP contribution in [0.2, 0.25) is 0 Å². The average molecular weight is 262 g/mol. The van der Waals surface area contributed by atoms with E-state index in [-0.39, 0.29) is 10.8 Å². The summed E-state index contributed by atoms with van der Waals surface area (Å²) in [5.74, 6) is 0. The molecular weight excluding hydrogens is 242 g/mol. The topological polar surface area (TPSA) is 12.9 Å². The first-order valence-electron chi connectivity index (χ1n) is 6.45. The normalized spacial score (nSPS) is 13.8. The number of pyridine rings is 1. The molecule has 0 aliphatic heterocycles. The molecule has 1 nitrogen and oxygen atoms in total. The third-order valence-corrected chi connectivity index (χ3v) is 4.20. The minimum Gasteiger partial charge on any atom is -0.256 e. The second-order valence-corrected chi connectivity index (χ2v) is 6.39. The number of fused-ring (bicyclic) bond motifs is 1. The Morgan fingerprint density at radius 3 is 2.61 bits per heavy atom. The van der Waals surface area contributed by atoms with Gasteiger partial charge in [-0.15, -0.1) is 11.6 Å². The van der Waals surface area contributed by atoms with Gasteiger partial charge in [0, 0.05) is 17.0 Å². The first kappa shape index (κ1) is 13.4. The van der Waals surface area contributed by atoms with Gasteiger partial charge in [0.05, 0.1) is 5.52 Å². The number of para-hydroxylation sites is 1. The molecule has 0 fully saturated rings. The minimum absolute atomic E-state index is 0.152. The molecule has 0 amide bonds. The van der Waals surface area contributed by atoms with Crippen LogP contribution in [-0.4, -0.2) is 10.4 Å². The highest BCUT2D eigenvalue weighted by molar-refractivity contribution is 6.21. The van der Waals surface area contributed by atoms with Crippen LogP contribution in [0, 0.1) is 5.41 Å². The maximum atomic E-state index is 6.44. The maximum Gasteiger partial charge on any atom is 0.0733 e. The zero-order valence-corrected chi connectivity index (χ0v) is 12.0. The zero-order chi connectivity index (χ0) is 13.2. The van der Waals surface area contributed by atoms with Crippen molar-refractivity contribution in [1.29, 1.82) is 0 Å². The van der Waals surface area contributed by atoms with Crippen molar-refractivity contribution in [1.82, 2.24) is 4.98 Å². The summed E-state index contributed by atoms with van der Waals surface area (Å²) in [5, 5.41) is 1.40. The van der Waals surface area contributed by atoms with Crippen LogP contribution < -0.4 is 0 Å². The van der Waals surface area contributed by atoms with Crippen LogP contribution in [0.15, 0.2) is 36.5 Å². The van der Waals surface area contributed by atoms with E-state index >= 15 is 0 Å². The van der Waals surface area contributed by atoms with E-state index in [0.717, 1.165) is 18.4 Å². The summed E-state index contributed by atoms with van der Waals surface area (Å²) in [7, 11) is 0. The lowest BCUT2D eigenvalue weighted by atomic mass is 9.88. The van der Waals surface area contributed by atoms with Crippen molar-refractivity contribution in [2.75, 3.05) is 0 Å². The lowest BCUT2D eigenvalue weighted by Crippen LogP contribution is -2.21. The van der Waals surface area contributed by atoms with Gasteiger partial charge in [-0.25, -0.2) is 0 Å². The fraction of sp³-hybridized carbons (Fsp3) is 0.438. The van der Waals surface area contributed by atoms with Gasteiger partial charge in [-0.3, -0.25) is 4.98 Å². The summed E-state index contributed by atoms with van der Waals surface area (Å²) >= 11 is 6.44. The molecule has 1 unspecified atom stereocenters. The highest BCUT2D eigenvalue weighted by Gasteiger charge is 2.21. The zero-order valence-electron chi connectivity index (χ0n) is 11.3. The fourth-order valence-electron chi connectivity index (χ4n) is 2.08. The number of halogens is 1. The van der Waals surface area contributed by atoms with Crippen molar-refractivity contribution in [3.63, 3.8) is 0 Å². The molecule has 1 aromatic heterocycles. The van der Waals surface area contributed by atoms with Crippen LogP contribution in [0.5, 0.6) is 0 Å². The van der Waals surface area contributed by atoms with Crippen molar-refractivity contribution in [2.24, 2.45) is 5.41 Å². The molecular formula is C16H20ClN. The molecule has 1 atom stereocenters. The quantitative estimate of drug-likeness (QED) is 0.722. The Morgan fingerprint density at radius 2 is 1.89 bits per heavy atom. The van der Waals surface area contributed by atoms with Crippen LogP contribution in [0.1, 0.15) is 32.8 Å². The predicted molar refractivity (Wildman–Crippen MR) is 79.2 cm³/mol. The van der Waals surface area contributed by atoms with Gasteiger partial charge in [-0.2, -0.15) is 0 Å². The average Bonchev–Trinajstić information content (AvgIpc) is 2.34. The molecule has 0 bridgehead atoms. The Labute approximate surface area is 114 Å². The molecule has 0 aliphatic rings. The van der Waals surface area contributed by atoms with Crippen LogP contribution in [-0.2, 0) is 6.42 Å². The molecule has 2 aromatic rings. The van der Waals surface area contributed by atoms with Gasteiger partial charge in [0.25, 0.3) is 0 Å². The molecule has 96 valence electrons. The summed E-state index contributed by atoms with van der Waals surface area (Å²) in [6.45, 7) is 6.56. The third-order valence-electron chi connectivity index (χ3n) is 3.32. The van der Waals surface area contributed by atoms with Crippen molar-refractivity contribution >= 4 is 22.5 Å². The molecule has 0 spiro atoms. The van der Waals surface area contributed by atoms with Gasteiger partial charge in [0.2, 0.25) is 0 Å². The summed E-state index contributed by atoms with van der Waals surface area (Å²) in [4.78, 5) is 4.48. The molecule has 2 rings (SSSR count). The van der Waals surface area contributed by atoms with Gasteiger partial charge in [-0.1, -0.05) is 45.0 Å². The highest BCUT2D eigenvalue weighted by Crippen LogP contribution is 2.29. The summed E-state index contributed by atoms with van der Waals surface area (Å²) in [6.07, 6.45) is 3.83. The van der Waals surface area contributed by atoms with Crippen LogP contribution >= 0.6 is 11.6 Å². The van der Waals surface area contributed by atoms with E-state index in [0.29, 0.717) is 0 Å². The number of hydrogen-bond donors (Lipinski definition) is 0.